The molecule has 0 radical (unpaired) electrons. The number of hydrogen-bond donors (Lipinski definition) is 1. The van der Waals surface area contributed by atoms with Gasteiger partial charge < -0.3 is 5.32 Å². The zero-order valence-corrected chi connectivity index (χ0v) is 15.0. The van der Waals surface area contributed by atoms with E-state index >= 15 is 0 Å². The van der Waals surface area contributed by atoms with Crippen molar-refractivity contribution in [2.75, 3.05) is 19.6 Å². The molecule has 0 aliphatic heterocycles. The molecule has 3 nitrogen and oxygen atoms in total. The lowest BCUT2D eigenvalue weighted by atomic mass is 10.1. The lowest BCUT2D eigenvalue weighted by Gasteiger charge is -2.29. The number of hydrogen-bond acceptors (Lipinski definition) is 3. The fourth-order valence-electron chi connectivity index (χ4n) is 2.69. The van der Waals surface area contributed by atoms with Gasteiger partial charge in [-0.15, -0.1) is 0 Å². The molecule has 1 N–H and O–H groups in total. The van der Waals surface area contributed by atoms with Crippen LogP contribution in [0.2, 0.25) is 0 Å². The van der Waals surface area contributed by atoms with Crippen LogP contribution in [0.4, 0.5) is 13.2 Å². The summed E-state index contributed by atoms with van der Waals surface area (Å²) >= 11 is 1.59. The first-order valence-corrected chi connectivity index (χ1v) is 9.02. The molecule has 1 aromatic heterocycles. The van der Waals surface area contributed by atoms with Gasteiger partial charge in [-0.1, -0.05) is 13.8 Å². The summed E-state index contributed by atoms with van der Waals surface area (Å²) in [4.78, 5) is 14.5. The zero-order chi connectivity index (χ0) is 18.4. The van der Waals surface area contributed by atoms with E-state index in [0.29, 0.717) is 6.54 Å². The summed E-state index contributed by atoms with van der Waals surface area (Å²) in [6, 6.07) is 6.33. The van der Waals surface area contributed by atoms with E-state index in [0.717, 1.165) is 30.8 Å². The second kappa shape index (κ2) is 8.49. The molecule has 0 aliphatic carbocycles. The van der Waals surface area contributed by atoms with Crippen LogP contribution >= 0.6 is 11.3 Å². The standard InChI is InChI=1S/C18H21F3N2OS/c1-3-23(4-2)16(14-9-10-25-12-14)11-22-17(24)13-5-7-15(8-6-13)18(19,20)21/h5-10,12,16H,3-4,11H2,1-2H3,(H,22,24). The molecule has 0 spiro atoms. The fourth-order valence-corrected chi connectivity index (χ4v) is 3.40. The van der Waals surface area contributed by atoms with Crippen LogP contribution in [0.5, 0.6) is 0 Å². The Morgan fingerprint density at radius 3 is 2.28 bits per heavy atom. The minimum atomic E-state index is -4.40. The first-order chi connectivity index (χ1) is 11.9. The first kappa shape index (κ1) is 19.5. The maximum absolute atomic E-state index is 12.6. The zero-order valence-electron chi connectivity index (χ0n) is 14.1. The highest BCUT2D eigenvalue weighted by Crippen LogP contribution is 2.29. The first-order valence-electron chi connectivity index (χ1n) is 8.08. The Labute approximate surface area is 149 Å². The summed E-state index contributed by atoms with van der Waals surface area (Å²) in [5, 5.41) is 6.88. The minimum Gasteiger partial charge on any atom is -0.350 e. The molecular weight excluding hydrogens is 349 g/mol. The molecule has 0 fully saturated rings. The smallest absolute Gasteiger partial charge is 0.350 e. The molecule has 25 heavy (non-hydrogen) atoms. The minimum absolute atomic E-state index is 0.0413. The van der Waals surface area contributed by atoms with Crippen LogP contribution in [0.3, 0.4) is 0 Å². The van der Waals surface area contributed by atoms with Gasteiger partial charge in [0, 0.05) is 12.1 Å². The summed E-state index contributed by atoms with van der Waals surface area (Å²) in [5.74, 6) is -0.374. The van der Waals surface area contributed by atoms with Crippen LogP contribution in [0, 0.1) is 0 Å². The highest BCUT2D eigenvalue weighted by atomic mass is 32.1. The van der Waals surface area contributed by atoms with Gasteiger partial charge in [-0.25, -0.2) is 0 Å². The molecule has 1 unspecified atom stereocenters. The lowest BCUT2D eigenvalue weighted by molar-refractivity contribution is -0.137. The third kappa shape index (κ3) is 5.06. The lowest BCUT2D eigenvalue weighted by Crippen LogP contribution is -2.37. The maximum atomic E-state index is 12.6. The number of carbonyl (C=O) groups is 1. The monoisotopic (exact) mass is 370 g/mol. The number of nitrogens with one attached hydrogen (secondary N) is 1. The average Bonchev–Trinajstić information content (AvgIpc) is 3.12. The number of alkyl halides is 3. The molecule has 0 aliphatic rings. The van der Waals surface area contributed by atoms with Crippen molar-refractivity contribution < 1.29 is 18.0 Å². The Kier molecular flexibility index (Phi) is 6.61. The number of halogens is 3. The predicted molar refractivity (Wildman–Crippen MR) is 93.8 cm³/mol. The van der Waals surface area contributed by atoms with Gasteiger partial charge in [-0.05, 0) is 59.7 Å². The molecule has 2 aromatic rings. The normalized spacial score (nSPS) is 13.0. The van der Waals surface area contributed by atoms with E-state index in [1.54, 1.807) is 11.3 Å². The van der Waals surface area contributed by atoms with Gasteiger partial charge in [0.05, 0.1) is 11.6 Å². The van der Waals surface area contributed by atoms with E-state index in [1.165, 1.54) is 12.1 Å². The Morgan fingerprint density at radius 2 is 1.80 bits per heavy atom. The number of amides is 1. The topological polar surface area (TPSA) is 32.3 Å². The van der Waals surface area contributed by atoms with Crippen molar-refractivity contribution in [1.29, 1.82) is 0 Å². The molecule has 0 bridgehead atoms. The second-order valence-corrected chi connectivity index (χ2v) is 6.36. The van der Waals surface area contributed by atoms with Gasteiger partial charge >= 0.3 is 6.18 Å². The maximum Gasteiger partial charge on any atom is 0.416 e. The van der Waals surface area contributed by atoms with Crippen molar-refractivity contribution in [3.8, 4) is 0 Å². The number of likely N-dealkylation sites (N-methyl/N-ethyl adjacent to an activating group) is 1. The number of nitrogens with zero attached hydrogens (tertiary/aromatic N) is 1. The van der Waals surface area contributed by atoms with Gasteiger partial charge in [0.2, 0.25) is 0 Å². The van der Waals surface area contributed by atoms with Gasteiger partial charge in [0.1, 0.15) is 0 Å². The summed E-state index contributed by atoms with van der Waals surface area (Å²) in [6.07, 6.45) is -4.40. The van der Waals surface area contributed by atoms with E-state index in [4.69, 9.17) is 0 Å². The van der Waals surface area contributed by atoms with E-state index in [9.17, 15) is 18.0 Å². The SMILES string of the molecule is CCN(CC)C(CNC(=O)c1ccc(C(F)(F)F)cc1)c1ccsc1. The van der Waals surface area contributed by atoms with Crippen molar-refractivity contribution in [2.45, 2.75) is 26.1 Å². The van der Waals surface area contributed by atoms with E-state index in [-0.39, 0.29) is 17.5 Å². The van der Waals surface area contributed by atoms with Gasteiger partial charge in [0.15, 0.2) is 0 Å². The summed E-state index contributed by atoms with van der Waals surface area (Å²) in [6.45, 7) is 6.19. The van der Waals surface area contributed by atoms with Crippen LogP contribution in [0.25, 0.3) is 0 Å². The molecule has 136 valence electrons. The summed E-state index contributed by atoms with van der Waals surface area (Å²) in [5.41, 5.74) is 0.585. The van der Waals surface area contributed by atoms with Crippen molar-refractivity contribution in [3.63, 3.8) is 0 Å². The largest absolute Gasteiger partial charge is 0.416 e. The number of rotatable bonds is 7. The molecular formula is C18H21F3N2OS. The molecule has 1 heterocycles. The predicted octanol–water partition coefficient (Wildman–Crippen LogP) is 4.58. The van der Waals surface area contributed by atoms with Crippen LogP contribution in [-0.2, 0) is 6.18 Å². The van der Waals surface area contributed by atoms with Crippen LogP contribution in [0.1, 0.15) is 41.4 Å². The Hall–Kier alpha value is -1.86. The molecule has 1 atom stereocenters. The molecule has 1 amide bonds. The van der Waals surface area contributed by atoms with Crippen LogP contribution < -0.4 is 5.32 Å². The van der Waals surface area contributed by atoms with Crippen molar-refractivity contribution >= 4 is 17.2 Å². The Morgan fingerprint density at radius 1 is 1.16 bits per heavy atom. The highest BCUT2D eigenvalue weighted by Gasteiger charge is 2.30. The Bertz CT molecular complexity index is 665. The number of benzene rings is 1. The summed E-state index contributed by atoms with van der Waals surface area (Å²) in [7, 11) is 0. The van der Waals surface area contributed by atoms with E-state index < -0.39 is 11.7 Å². The van der Waals surface area contributed by atoms with Crippen LogP contribution in [-0.4, -0.2) is 30.4 Å². The molecule has 0 saturated heterocycles. The van der Waals surface area contributed by atoms with Crippen molar-refractivity contribution in [3.05, 3.63) is 57.8 Å². The Balaban J connectivity index is 2.06. The van der Waals surface area contributed by atoms with E-state index in [2.05, 4.69) is 24.1 Å². The van der Waals surface area contributed by atoms with Crippen LogP contribution in [0.15, 0.2) is 41.1 Å². The average molecular weight is 370 g/mol. The molecule has 1 aromatic carbocycles. The van der Waals surface area contributed by atoms with Crippen molar-refractivity contribution in [2.24, 2.45) is 0 Å². The molecule has 2 rings (SSSR count). The van der Waals surface area contributed by atoms with Gasteiger partial charge in [-0.3, -0.25) is 9.69 Å². The molecule has 0 saturated carbocycles. The summed E-state index contributed by atoms with van der Waals surface area (Å²) < 4.78 is 37.8. The highest BCUT2D eigenvalue weighted by molar-refractivity contribution is 7.07. The molecule has 7 heteroatoms. The van der Waals surface area contributed by atoms with Gasteiger partial charge in [0.25, 0.3) is 5.91 Å². The van der Waals surface area contributed by atoms with Crippen molar-refractivity contribution in [1.82, 2.24) is 10.2 Å². The third-order valence-corrected chi connectivity index (χ3v) is 4.81. The van der Waals surface area contributed by atoms with E-state index in [1.807, 2.05) is 16.8 Å². The quantitative estimate of drug-likeness (QED) is 0.774. The van der Waals surface area contributed by atoms with Gasteiger partial charge in [-0.2, -0.15) is 24.5 Å². The number of thiophene rings is 1. The fraction of sp³-hybridized carbons (Fsp3) is 0.389. The number of carbonyl (C=O) groups excluding carboxylic acids is 1. The second-order valence-electron chi connectivity index (χ2n) is 5.58. The third-order valence-electron chi connectivity index (χ3n) is 4.11.